The zero-order valence-electron chi connectivity index (χ0n) is 8.48. The van der Waals surface area contributed by atoms with Gasteiger partial charge < -0.3 is 15.5 Å². The number of ether oxygens (including phenoxy) is 1. The van der Waals surface area contributed by atoms with Gasteiger partial charge in [0.2, 0.25) is 0 Å². The van der Waals surface area contributed by atoms with Crippen LogP contribution in [0.5, 0.6) is 0 Å². The Morgan fingerprint density at radius 1 is 1.73 bits per heavy atom. The van der Waals surface area contributed by atoms with Crippen LogP contribution in [0.2, 0.25) is 0 Å². The first kappa shape index (κ1) is 10.2. The number of nitrogens with two attached hydrogens (primary N) is 1. The van der Waals surface area contributed by atoms with Gasteiger partial charge in [0.25, 0.3) is 0 Å². The van der Waals surface area contributed by atoms with Crippen LogP contribution < -0.4 is 5.73 Å². The molecule has 1 atom stereocenters. The molecule has 1 aromatic rings. The summed E-state index contributed by atoms with van der Waals surface area (Å²) in [6.07, 6.45) is 6.88. The lowest BCUT2D eigenvalue weighted by atomic mass is 9.96. The summed E-state index contributed by atoms with van der Waals surface area (Å²) in [6, 6.07) is -0.592. The van der Waals surface area contributed by atoms with Crippen molar-refractivity contribution >= 4 is 5.97 Å². The first-order valence-corrected chi connectivity index (χ1v) is 5.19. The first-order valence-electron chi connectivity index (χ1n) is 5.19. The van der Waals surface area contributed by atoms with Gasteiger partial charge in [-0.05, 0) is 19.3 Å². The number of nitrogens with one attached hydrogen (secondary N) is 1. The fraction of sp³-hybridized carbons (Fsp3) is 0.600. The average molecular weight is 209 g/mol. The fourth-order valence-electron chi connectivity index (χ4n) is 1.46. The zero-order chi connectivity index (χ0) is 10.7. The smallest absolute Gasteiger partial charge is 0.323 e. The van der Waals surface area contributed by atoms with Crippen LogP contribution in [-0.4, -0.2) is 28.1 Å². The molecule has 1 aliphatic carbocycles. The minimum atomic E-state index is -0.592. The third-order valence-electron chi connectivity index (χ3n) is 2.63. The van der Waals surface area contributed by atoms with Gasteiger partial charge in [-0.1, -0.05) is 0 Å². The normalized spacial score (nSPS) is 18.2. The van der Waals surface area contributed by atoms with E-state index < -0.39 is 6.04 Å². The minimum absolute atomic E-state index is 0.102. The molecule has 1 saturated carbocycles. The summed E-state index contributed by atoms with van der Waals surface area (Å²) in [5.74, 6) is -0.311. The van der Waals surface area contributed by atoms with E-state index in [1.54, 1.807) is 12.5 Å². The van der Waals surface area contributed by atoms with E-state index in [2.05, 4.69) is 9.97 Å². The summed E-state index contributed by atoms with van der Waals surface area (Å²) in [4.78, 5) is 18.3. The number of aromatic nitrogens is 2. The van der Waals surface area contributed by atoms with Crippen LogP contribution in [0, 0.1) is 0 Å². The Labute approximate surface area is 88.0 Å². The molecule has 1 aromatic heterocycles. The molecule has 0 amide bonds. The summed E-state index contributed by atoms with van der Waals surface area (Å²) in [6.45, 7) is 0. The summed E-state index contributed by atoms with van der Waals surface area (Å²) in [5, 5.41) is 0. The van der Waals surface area contributed by atoms with Crippen molar-refractivity contribution in [2.75, 3.05) is 0 Å². The number of esters is 1. The second-order valence-electron chi connectivity index (χ2n) is 3.88. The maximum atomic E-state index is 11.5. The summed E-state index contributed by atoms with van der Waals surface area (Å²) >= 11 is 0. The van der Waals surface area contributed by atoms with E-state index in [0.717, 1.165) is 25.0 Å². The van der Waals surface area contributed by atoms with Crippen LogP contribution in [0.25, 0.3) is 0 Å². The van der Waals surface area contributed by atoms with E-state index >= 15 is 0 Å². The summed E-state index contributed by atoms with van der Waals surface area (Å²) in [5.41, 5.74) is 6.57. The largest absolute Gasteiger partial charge is 0.461 e. The first-order chi connectivity index (χ1) is 7.25. The molecule has 0 aliphatic heterocycles. The van der Waals surface area contributed by atoms with Crippen LogP contribution >= 0.6 is 0 Å². The predicted molar refractivity (Wildman–Crippen MR) is 54.0 cm³/mol. The van der Waals surface area contributed by atoms with Gasteiger partial charge in [0, 0.05) is 18.3 Å². The molecule has 0 saturated heterocycles. The highest BCUT2D eigenvalue weighted by atomic mass is 16.5. The lowest BCUT2D eigenvalue weighted by Crippen LogP contribution is -2.38. The summed E-state index contributed by atoms with van der Waals surface area (Å²) < 4.78 is 5.20. The van der Waals surface area contributed by atoms with Crippen molar-refractivity contribution in [1.82, 2.24) is 9.97 Å². The van der Waals surface area contributed by atoms with E-state index in [1.165, 1.54) is 0 Å². The number of rotatable bonds is 4. The SMILES string of the molecule is N[C@@H](Cc1cnc[nH]1)C(=O)OC1CCC1. The molecule has 1 aliphatic rings. The van der Waals surface area contributed by atoms with Crippen LogP contribution in [0.4, 0.5) is 0 Å². The number of imidazole rings is 1. The maximum Gasteiger partial charge on any atom is 0.323 e. The van der Waals surface area contributed by atoms with Gasteiger partial charge in [-0.3, -0.25) is 4.79 Å². The maximum absolute atomic E-state index is 11.5. The average Bonchev–Trinajstić information content (AvgIpc) is 2.63. The molecule has 0 radical (unpaired) electrons. The highest BCUT2D eigenvalue weighted by Gasteiger charge is 2.25. The lowest BCUT2D eigenvalue weighted by Gasteiger charge is -2.26. The second-order valence-corrected chi connectivity index (χ2v) is 3.88. The van der Waals surface area contributed by atoms with Crippen LogP contribution in [0.3, 0.4) is 0 Å². The third-order valence-corrected chi connectivity index (χ3v) is 2.63. The molecule has 1 heterocycles. The molecule has 1 fully saturated rings. The zero-order valence-corrected chi connectivity index (χ0v) is 8.48. The van der Waals surface area contributed by atoms with E-state index in [1.807, 2.05) is 0 Å². The standard InChI is InChI=1S/C10H15N3O2/c11-9(4-7-5-12-6-13-7)10(14)15-8-2-1-3-8/h5-6,8-9H,1-4,11H2,(H,12,13)/t9-/m0/s1. The van der Waals surface area contributed by atoms with Crippen molar-refractivity contribution in [2.24, 2.45) is 5.73 Å². The second kappa shape index (κ2) is 4.44. The van der Waals surface area contributed by atoms with Gasteiger partial charge in [-0.25, -0.2) is 4.98 Å². The van der Waals surface area contributed by atoms with Gasteiger partial charge >= 0.3 is 5.97 Å². The Hall–Kier alpha value is -1.36. The lowest BCUT2D eigenvalue weighted by molar-refractivity contribution is -0.154. The number of carbonyl (C=O) groups excluding carboxylic acids is 1. The van der Waals surface area contributed by atoms with E-state index in [9.17, 15) is 4.79 Å². The van der Waals surface area contributed by atoms with Crippen molar-refractivity contribution in [3.63, 3.8) is 0 Å². The predicted octanol–water partition coefficient (Wildman–Crippen LogP) is 0.375. The molecule has 0 bridgehead atoms. The van der Waals surface area contributed by atoms with Crippen LogP contribution in [-0.2, 0) is 16.0 Å². The molecular formula is C10H15N3O2. The van der Waals surface area contributed by atoms with Crippen LogP contribution in [0.15, 0.2) is 12.5 Å². The monoisotopic (exact) mass is 209 g/mol. The number of aromatic amines is 1. The Kier molecular flexibility index (Phi) is 3.01. The molecule has 5 nitrogen and oxygen atoms in total. The van der Waals surface area contributed by atoms with Crippen molar-refractivity contribution in [3.8, 4) is 0 Å². The van der Waals surface area contributed by atoms with E-state index in [4.69, 9.17) is 10.5 Å². The Morgan fingerprint density at radius 3 is 3.07 bits per heavy atom. The molecule has 82 valence electrons. The van der Waals surface area contributed by atoms with Gasteiger partial charge in [0.15, 0.2) is 0 Å². The number of hydrogen-bond donors (Lipinski definition) is 2. The summed E-state index contributed by atoms with van der Waals surface area (Å²) in [7, 11) is 0. The molecule has 0 unspecified atom stereocenters. The molecular weight excluding hydrogens is 194 g/mol. The fourth-order valence-corrected chi connectivity index (χ4v) is 1.46. The van der Waals surface area contributed by atoms with Crippen LogP contribution in [0.1, 0.15) is 25.0 Å². The molecule has 3 N–H and O–H groups in total. The Bertz CT molecular complexity index is 319. The van der Waals surface area contributed by atoms with Crippen molar-refractivity contribution in [1.29, 1.82) is 0 Å². The van der Waals surface area contributed by atoms with Crippen molar-refractivity contribution < 1.29 is 9.53 Å². The number of carbonyl (C=O) groups is 1. The molecule has 0 aromatic carbocycles. The quantitative estimate of drug-likeness (QED) is 0.702. The van der Waals surface area contributed by atoms with Gasteiger partial charge in [-0.2, -0.15) is 0 Å². The van der Waals surface area contributed by atoms with Gasteiger partial charge in [0.05, 0.1) is 6.33 Å². The number of H-pyrrole nitrogens is 1. The van der Waals surface area contributed by atoms with Gasteiger partial charge in [-0.15, -0.1) is 0 Å². The Morgan fingerprint density at radius 2 is 2.53 bits per heavy atom. The number of nitrogens with zero attached hydrogens (tertiary/aromatic N) is 1. The molecule has 0 spiro atoms. The highest BCUT2D eigenvalue weighted by Crippen LogP contribution is 2.22. The third kappa shape index (κ3) is 2.56. The number of hydrogen-bond acceptors (Lipinski definition) is 4. The van der Waals surface area contributed by atoms with E-state index in [-0.39, 0.29) is 12.1 Å². The van der Waals surface area contributed by atoms with E-state index in [0.29, 0.717) is 6.42 Å². The van der Waals surface area contributed by atoms with Crippen molar-refractivity contribution in [3.05, 3.63) is 18.2 Å². The molecule has 15 heavy (non-hydrogen) atoms. The molecule has 5 heteroatoms. The highest BCUT2D eigenvalue weighted by molar-refractivity contribution is 5.76. The minimum Gasteiger partial charge on any atom is -0.461 e. The van der Waals surface area contributed by atoms with Crippen molar-refractivity contribution in [2.45, 2.75) is 37.8 Å². The topological polar surface area (TPSA) is 81.0 Å². The van der Waals surface area contributed by atoms with Gasteiger partial charge in [0.1, 0.15) is 12.1 Å². The molecule has 2 rings (SSSR count). The Balaban J connectivity index is 1.79.